The second-order valence-corrected chi connectivity index (χ2v) is 26.7. The minimum Gasteiger partial charge on any atom is -0.456 e. The van der Waals surface area contributed by atoms with Crippen molar-refractivity contribution in [2.75, 3.05) is 0 Å². The molecule has 0 N–H and O–H groups in total. The lowest BCUT2D eigenvalue weighted by atomic mass is 9.70. The molecule has 0 spiro atoms. The number of hydrogen-bond acceptors (Lipinski definition) is 1. The highest BCUT2D eigenvalue weighted by molar-refractivity contribution is 6.13. The molecule has 12 aromatic carbocycles. The molecule has 0 aliphatic heterocycles. The van der Waals surface area contributed by atoms with E-state index in [1.165, 1.54) is 217 Å². The van der Waals surface area contributed by atoms with Gasteiger partial charge in [0.05, 0.1) is 22.1 Å². The van der Waals surface area contributed by atoms with Gasteiger partial charge >= 0.3 is 0 Å². The number of fused-ring (bicyclic) bond motifs is 12. The van der Waals surface area contributed by atoms with Gasteiger partial charge in [-0.25, -0.2) is 0 Å². The Bertz CT molecular complexity index is 5230. The average molecular weight is 1210 g/mol. The topological polar surface area (TPSA) is 23.0 Å². The van der Waals surface area contributed by atoms with Gasteiger partial charge in [-0.3, -0.25) is 0 Å². The van der Waals surface area contributed by atoms with Crippen molar-refractivity contribution in [1.82, 2.24) is 9.13 Å². The van der Waals surface area contributed by atoms with Crippen molar-refractivity contribution >= 4 is 65.6 Å². The summed E-state index contributed by atoms with van der Waals surface area (Å²) in [6.45, 7) is 6.91. The largest absolute Gasteiger partial charge is 0.456 e. The monoisotopic (exact) mass is 1200 g/mol. The summed E-state index contributed by atoms with van der Waals surface area (Å²) in [5.74, 6) is 0. The number of hydrogen-bond donors (Lipinski definition) is 0. The Hall–Kier alpha value is -9.96. The van der Waals surface area contributed by atoms with Crippen molar-refractivity contribution in [3.05, 3.63) is 278 Å². The van der Waals surface area contributed by atoms with E-state index in [-0.39, 0.29) is 5.41 Å². The van der Waals surface area contributed by atoms with Crippen LogP contribution in [0.3, 0.4) is 0 Å². The highest BCUT2D eigenvalue weighted by atomic mass is 16.3. The van der Waals surface area contributed by atoms with E-state index >= 15 is 0 Å². The zero-order valence-electron chi connectivity index (χ0n) is 54.0. The molecule has 15 aromatic rings. The summed E-state index contributed by atoms with van der Waals surface area (Å²) in [7, 11) is 0. The molecule has 0 unspecified atom stereocenters. The van der Waals surface area contributed by atoms with Gasteiger partial charge in [-0.15, -0.1) is 0 Å². The molecule has 0 saturated heterocycles. The van der Waals surface area contributed by atoms with Crippen LogP contribution in [0.25, 0.3) is 144 Å². The second kappa shape index (κ2) is 24.9. The Kier molecular flexibility index (Phi) is 15.6. The highest BCUT2D eigenvalue weighted by Crippen LogP contribution is 2.56. The fourth-order valence-electron chi connectivity index (χ4n) is 16.1. The number of furan rings is 1. The minimum atomic E-state index is -0.0653. The summed E-state index contributed by atoms with van der Waals surface area (Å²) < 4.78 is 11.8. The maximum Gasteiger partial charge on any atom is 0.137 e. The van der Waals surface area contributed by atoms with Crippen molar-refractivity contribution < 1.29 is 4.42 Å². The van der Waals surface area contributed by atoms with Crippen LogP contribution in [-0.4, -0.2) is 9.13 Å². The van der Waals surface area contributed by atoms with Crippen LogP contribution < -0.4 is 0 Å². The first kappa shape index (κ1) is 58.1. The molecular weight excluding hydrogens is 1130 g/mol. The normalized spacial score (nSPS) is 12.7. The third-order valence-electron chi connectivity index (χ3n) is 20.8. The number of aromatic nitrogens is 2. The smallest absolute Gasteiger partial charge is 0.137 e. The van der Waals surface area contributed by atoms with Crippen molar-refractivity contribution in [3.63, 3.8) is 0 Å². The maximum absolute atomic E-state index is 6.96. The molecule has 3 nitrogen and oxygen atoms in total. The molecule has 0 bridgehead atoms. The Morgan fingerprint density at radius 3 is 1.27 bits per heavy atom. The van der Waals surface area contributed by atoms with E-state index in [1.54, 1.807) is 0 Å². The van der Waals surface area contributed by atoms with Gasteiger partial charge in [0.1, 0.15) is 11.2 Å². The Morgan fingerprint density at radius 1 is 0.280 bits per heavy atom. The molecule has 0 fully saturated rings. The Morgan fingerprint density at radius 2 is 0.688 bits per heavy atom. The van der Waals surface area contributed by atoms with Crippen LogP contribution in [0, 0.1) is 6.92 Å². The van der Waals surface area contributed by atoms with Crippen LogP contribution in [0.2, 0.25) is 0 Å². The number of unbranched alkanes of at least 4 members (excludes halogenated alkanes) is 10. The van der Waals surface area contributed by atoms with Crippen LogP contribution in [-0.2, 0) is 5.41 Å². The lowest BCUT2D eigenvalue weighted by Gasteiger charge is -2.33. The van der Waals surface area contributed by atoms with Crippen molar-refractivity contribution in [1.29, 1.82) is 0 Å². The first-order valence-electron chi connectivity index (χ1n) is 34.6. The van der Waals surface area contributed by atoms with Crippen molar-refractivity contribution in [3.8, 4) is 78.1 Å². The predicted octanol–water partition coefficient (Wildman–Crippen LogP) is 26.2. The minimum absolute atomic E-state index is 0.0653. The first-order valence-corrected chi connectivity index (χ1v) is 34.6. The van der Waals surface area contributed by atoms with Crippen LogP contribution in [0.4, 0.5) is 0 Å². The number of rotatable bonds is 21. The van der Waals surface area contributed by atoms with Gasteiger partial charge < -0.3 is 13.6 Å². The zero-order valence-corrected chi connectivity index (χ0v) is 54.0. The highest BCUT2D eigenvalue weighted by Gasteiger charge is 2.43. The lowest BCUT2D eigenvalue weighted by molar-refractivity contribution is 0.398. The summed E-state index contributed by atoms with van der Waals surface area (Å²) in [6, 6.07) is 98.0. The van der Waals surface area contributed by atoms with Gasteiger partial charge in [0.2, 0.25) is 0 Å². The number of para-hydroxylation sites is 3. The van der Waals surface area contributed by atoms with Crippen LogP contribution >= 0.6 is 0 Å². The quantitative estimate of drug-likeness (QED) is 0.0658. The Labute approximate surface area is 547 Å². The van der Waals surface area contributed by atoms with Gasteiger partial charge in [0.25, 0.3) is 0 Å². The van der Waals surface area contributed by atoms with Gasteiger partial charge in [-0.2, -0.15) is 0 Å². The number of benzene rings is 12. The molecule has 0 amide bonds. The molecule has 456 valence electrons. The molecule has 1 aliphatic carbocycles. The summed E-state index contributed by atoms with van der Waals surface area (Å²) in [6.07, 6.45) is 17.9. The maximum atomic E-state index is 6.96. The summed E-state index contributed by atoms with van der Waals surface area (Å²) >= 11 is 0. The molecule has 1 aliphatic rings. The molecule has 16 rings (SSSR count). The first-order chi connectivity index (χ1) is 45.9. The van der Waals surface area contributed by atoms with Crippen molar-refractivity contribution in [2.45, 2.75) is 116 Å². The average Bonchev–Trinajstić information content (AvgIpc) is 1.59. The summed E-state index contributed by atoms with van der Waals surface area (Å²) in [4.78, 5) is 0. The SMILES string of the molecule is CCCCCCCCC1(CCCCCCCC)c2cc(-c3ccc(-c4ccccc4)cc3)ccc2-c2ccc(-c3cc(C)cc(-c4ccc5c(c4)oc4cc(-n6c7ccccc7c7cc(-c8ccc9c(c8)c8ccccc8n9-c8ccccc8)ccc76)ccc45)c3)cc21. The standard InChI is InChI=1S/C90H80N2O/c1-4-6-8-10-12-24-50-90(51-25-13-11-9-7-5-2)82-57-67(64-36-34-63(35-37-64)62-26-16-14-17-27-62)38-44-74(82)75-45-39-68(58-83(75)90)70-52-61(3)53-71(54-70)69-40-46-78-79-47-43-73(60-89(79)93-88(78)59-69)92-85-33-23-21-31-77(85)81-56-66(42-49-87(81)92)65-41-48-86-80(55-65)76-30-20-22-32-84(76)91(86)72-28-18-15-19-29-72/h14-23,26-49,52-60H,4-13,24-25,50-51H2,1-3H3. The second-order valence-electron chi connectivity index (χ2n) is 26.7. The molecule has 3 aromatic heterocycles. The molecule has 3 heterocycles. The Balaban J connectivity index is 0.730. The van der Waals surface area contributed by atoms with E-state index in [9.17, 15) is 0 Å². The van der Waals surface area contributed by atoms with Gasteiger partial charge in [-0.05, 0) is 194 Å². The zero-order chi connectivity index (χ0) is 62.4. The van der Waals surface area contributed by atoms with Gasteiger partial charge in [0, 0.05) is 55.2 Å². The van der Waals surface area contributed by atoms with Gasteiger partial charge in [-0.1, -0.05) is 255 Å². The van der Waals surface area contributed by atoms with Gasteiger partial charge in [0.15, 0.2) is 0 Å². The fraction of sp³-hybridized carbons (Fsp3) is 0.200. The van der Waals surface area contributed by atoms with E-state index in [0.29, 0.717) is 0 Å². The van der Waals surface area contributed by atoms with E-state index in [2.05, 4.69) is 291 Å². The lowest BCUT2D eigenvalue weighted by Crippen LogP contribution is -2.25. The molecule has 3 heteroatoms. The molecule has 0 atom stereocenters. The molecule has 0 saturated carbocycles. The van der Waals surface area contributed by atoms with E-state index < -0.39 is 0 Å². The third kappa shape index (κ3) is 10.7. The van der Waals surface area contributed by atoms with Crippen molar-refractivity contribution in [2.24, 2.45) is 0 Å². The van der Waals surface area contributed by atoms with Crippen LogP contribution in [0.15, 0.2) is 265 Å². The molecule has 93 heavy (non-hydrogen) atoms. The van der Waals surface area contributed by atoms with E-state index in [0.717, 1.165) is 33.2 Å². The third-order valence-corrected chi connectivity index (χ3v) is 20.8. The van der Waals surface area contributed by atoms with Crippen LogP contribution in [0.1, 0.15) is 120 Å². The van der Waals surface area contributed by atoms with Crippen LogP contribution in [0.5, 0.6) is 0 Å². The number of aryl methyl sites for hydroxylation is 1. The molecule has 0 radical (unpaired) electrons. The number of nitrogens with zero attached hydrogens (tertiary/aromatic N) is 2. The van der Waals surface area contributed by atoms with E-state index in [1.807, 2.05) is 0 Å². The fourth-order valence-corrected chi connectivity index (χ4v) is 16.1. The summed E-state index contributed by atoms with van der Waals surface area (Å²) in [5, 5.41) is 7.20. The summed E-state index contributed by atoms with van der Waals surface area (Å²) in [5.41, 5.74) is 28.3. The molecular formula is C90H80N2O. The van der Waals surface area contributed by atoms with E-state index in [4.69, 9.17) is 4.42 Å². The predicted molar refractivity (Wildman–Crippen MR) is 397 cm³/mol.